The first-order valence-electron chi connectivity index (χ1n) is 0. The van der Waals surface area contributed by atoms with Crippen molar-refractivity contribution in [1.82, 2.24) is 0 Å². The Bertz CT molecular complexity index is 18.0. The summed E-state index contributed by atoms with van der Waals surface area (Å²) in [6, 6.07) is 0. The number of hydrogen-bond donors (Lipinski definition) is 0. The summed E-state index contributed by atoms with van der Waals surface area (Å²) >= 11 is 0. The van der Waals surface area contributed by atoms with Gasteiger partial charge in [0.25, 0.3) is 0 Å². The first-order valence-corrected chi connectivity index (χ1v) is 0. The molecule has 0 aliphatic heterocycles. The van der Waals surface area contributed by atoms with Crippen LogP contribution in [0, 0.1) is 0 Å². The number of hydrogen-bond acceptors (Lipinski definition) is 0. The third-order valence-electron chi connectivity index (χ3n) is 0. The summed E-state index contributed by atoms with van der Waals surface area (Å²) in [5.74, 6) is 0. The van der Waals surface area contributed by atoms with E-state index in [9.17, 15) is 0 Å². The Hall–Kier alpha value is 2.72. The molecule has 0 aliphatic rings. The van der Waals surface area contributed by atoms with E-state index in [-0.39, 0.29) is 98.2 Å². The summed E-state index contributed by atoms with van der Waals surface area (Å²) in [5, 5.41) is 0. The fourth-order valence-corrected chi connectivity index (χ4v) is 0. The van der Waals surface area contributed by atoms with E-state index in [0.717, 1.165) is 0 Å². The summed E-state index contributed by atoms with van der Waals surface area (Å²) in [5.41, 5.74) is 0. The van der Waals surface area contributed by atoms with E-state index in [1.165, 1.54) is 0 Å². The predicted molar refractivity (Wildman–Crippen MR) is 30.6 cm³/mol. The fourth-order valence-electron chi connectivity index (χ4n) is 0. The van der Waals surface area contributed by atoms with Gasteiger partial charge in [-0.15, -0.1) is 0 Å². The van der Waals surface area contributed by atoms with Gasteiger partial charge >= 0.3 is 23.1 Å². The molecule has 0 rings (SSSR count). The van der Waals surface area contributed by atoms with Crippen molar-refractivity contribution in [2.45, 2.75) is 0 Å². The Labute approximate surface area is 97.1 Å². The van der Waals surface area contributed by atoms with Crippen molar-refractivity contribution in [3.8, 4) is 0 Å². The maximum atomic E-state index is 0. The maximum Gasteiger partial charge on any atom is 2.00 e. The summed E-state index contributed by atoms with van der Waals surface area (Å²) in [7, 11) is 0. The topological polar surface area (TPSA) is 0 Å². The quantitative estimate of drug-likeness (QED) is 0.406. The van der Waals surface area contributed by atoms with Crippen LogP contribution >= 0.6 is 0 Å². The normalized spacial score (nSPS) is 0. The molecule has 6 heteroatoms. The van der Waals surface area contributed by atoms with Crippen LogP contribution in [-0.4, -0.2) is 45.0 Å². The average Bonchev–Trinajstić information content (AvgIpc) is 0. The Morgan fingerprint density at radius 2 is 0.833 bits per heavy atom. The molecule has 0 aromatic heterocycles. The molecular weight excluding hydrogens is 250 g/mol. The van der Waals surface area contributed by atoms with Gasteiger partial charge in [0, 0.05) is 50.3 Å². The molecule has 0 atom stereocenters. The first kappa shape index (κ1) is 70.3. The molecule has 0 amide bonds. The van der Waals surface area contributed by atoms with Crippen LogP contribution < -0.4 is 0 Å². The Morgan fingerprint density at radius 1 is 0.833 bits per heavy atom. The zero-order chi connectivity index (χ0) is 0. The van der Waals surface area contributed by atoms with Gasteiger partial charge in [-0.25, -0.2) is 0 Å². The SMILES string of the molecule is [Cr].[H-].[H-].[Mg+2].[Ni].[Ni].[SiH4].[SiH4]. The van der Waals surface area contributed by atoms with E-state index in [4.69, 9.17) is 0 Å². The van der Waals surface area contributed by atoms with Crippen molar-refractivity contribution in [3.05, 3.63) is 0 Å². The minimum atomic E-state index is 0. The van der Waals surface area contributed by atoms with Gasteiger partial charge in [0.15, 0.2) is 0 Å². The van der Waals surface area contributed by atoms with Crippen molar-refractivity contribution >= 4 is 45.0 Å². The molecule has 0 spiro atoms. The van der Waals surface area contributed by atoms with Crippen LogP contribution in [0.5, 0.6) is 0 Å². The van der Waals surface area contributed by atoms with Gasteiger partial charge in [0.2, 0.25) is 0 Å². The molecule has 0 aromatic carbocycles. The van der Waals surface area contributed by atoms with Crippen LogP contribution in [0.15, 0.2) is 0 Å². The second kappa shape index (κ2) is 47.1. The van der Waals surface area contributed by atoms with E-state index in [2.05, 4.69) is 0 Å². The fraction of sp³-hybridized carbons (Fsp3) is 0. The molecule has 0 aliphatic carbocycles. The summed E-state index contributed by atoms with van der Waals surface area (Å²) in [4.78, 5) is 0. The van der Waals surface area contributed by atoms with Crippen LogP contribution in [0.1, 0.15) is 2.85 Å². The van der Waals surface area contributed by atoms with Crippen molar-refractivity contribution in [3.63, 3.8) is 0 Å². The standard InChI is InChI=1S/Cr.Mg.2Ni.2H4Si.2H/h;;;;2*1H4;;/q;+2;;;;;2*-1. The second-order valence-electron chi connectivity index (χ2n) is 0. The third kappa shape index (κ3) is 29.7. The zero-order valence-electron chi connectivity index (χ0n) is 3.75. The maximum absolute atomic E-state index is 0. The third-order valence-corrected chi connectivity index (χ3v) is 0. The van der Waals surface area contributed by atoms with E-state index in [0.29, 0.717) is 0 Å². The van der Waals surface area contributed by atoms with E-state index in [1.807, 2.05) is 0 Å². The monoisotopic (exact) mass is 258 g/mol. The van der Waals surface area contributed by atoms with Gasteiger partial charge in [-0.05, 0) is 21.9 Å². The van der Waals surface area contributed by atoms with Crippen molar-refractivity contribution in [2.24, 2.45) is 0 Å². The van der Waals surface area contributed by atoms with Crippen LogP contribution in [-0.2, 0) is 50.3 Å². The summed E-state index contributed by atoms with van der Waals surface area (Å²) in [6.45, 7) is 0. The van der Waals surface area contributed by atoms with Gasteiger partial charge in [-0.3, -0.25) is 0 Å². The van der Waals surface area contributed by atoms with Crippen molar-refractivity contribution in [1.29, 1.82) is 0 Å². The van der Waals surface area contributed by atoms with E-state index >= 15 is 0 Å². The molecule has 0 aromatic rings. The smallest absolute Gasteiger partial charge is 1.00 e. The molecule has 6 heavy (non-hydrogen) atoms. The molecule has 0 saturated heterocycles. The number of rotatable bonds is 0. The van der Waals surface area contributed by atoms with Gasteiger partial charge in [-0.1, -0.05) is 0 Å². The van der Waals surface area contributed by atoms with E-state index < -0.39 is 0 Å². The molecule has 0 nitrogen and oxygen atoms in total. The minimum absolute atomic E-state index is 0. The van der Waals surface area contributed by atoms with Gasteiger partial charge < -0.3 is 2.85 Å². The Kier molecular flexibility index (Phi) is 552. The van der Waals surface area contributed by atoms with Crippen LogP contribution in [0.25, 0.3) is 0 Å². The second-order valence-corrected chi connectivity index (χ2v) is 0. The van der Waals surface area contributed by atoms with Gasteiger partial charge in [0.05, 0.1) is 0 Å². The molecular formula is H10CrMgNi2Si2. The van der Waals surface area contributed by atoms with Gasteiger partial charge in [-0.2, -0.15) is 0 Å². The van der Waals surface area contributed by atoms with Gasteiger partial charge in [0.1, 0.15) is 0 Å². The molecule has 0 bridgehead atoms. The predicted octanol–water partition coefficient (Wildman–Crippen LogP) is -3.07. The molecule has 0 heterocycles. The van der Waals surface area contributed by atoms with Crippen molar-refractivity contribution in [2.75, 3.05) is 0 Å². The molecule has 0 fully saturated rings. The minimum Gasteiger partial charge on any atom is -1.00 e. The Balaban J connectivity index is 0. The van der Waals surface area contributed by atoms with Crippen LogP contribution in [0.2, 0.25) is 0 Å². The molecule has 0 unspecified atom stereocenters. The Morgan fingerprint density at radius 3 is 0.833 bits per heavy atom. The largest absolute Gasteiger partial charge is 2.00 e. The first-order chi connectivity index (χ1) is 0. The molecule has 0 radical (unpaired) electrons. The van der Waals surface area contributed by atoms with Crippen LogP contribution in [0.4, 0.5) is 0 Å². The molecule has 0 N–H and O–H groups in total. The summed E-state index contributed by atoms with van der Waals surface area (Å²) in [6.07, 6.45) is 0. The molecule has 46 valence electrons. The summed E-state index contributed by atoms with van der Waals surface area (Å²) < 4.78 is 0. The van der Waals surface area contributed by atoms with Crippen LogP contribution in [0.3, 0.4) is 0 Å². The zero-order valence-corrected chi connectivity index (χ0v) is 6.41. The average molecular weight is 260 g/mol. The molecule has 0 saturated carbocycles. The van der Waals surface area contributed by atoms with Crippen molar-refractivity contribution < 1.29 is 53.2 Å². The van der Waals surface area contributed by atoms with E-state index in [1.54, 1.807) is 0 Å².